The number of hydrogen-bond donors (Lipinski definition) is 2. The summed E-state index contributed by atoms with van der Waals surface area (Å²) in [5, 5.41) is 4.98. The molecule has 2 rings (SSSR count). The smallest absolute Gasteiger partial charge is 0.279 e. The molecule has 0 aliphatic carbocycles. The molecule has 25 heavy (non-hydrogen) atoms. The van der Waals surface area contributed by atoms with Crippen LogP contribution in [0.2, 0.25) is 0 Å². The number of rotatable bonds is 8. The zero-order valence-electron chi connectivity index (χ0n) is 15.3. The minimum atomic E-state index is -0.0758. The van der Waals surface area contributed by atoms with E-state index >= 15 is 0 Å². The molecule has 0 fully saturated rings. The molecule has 2 aromatic carbocycles. The Bertz CT molecular complexity index is 687. The van der Waals surface area contributed by atoms with Gasteiger partial charge in [-0.25, -0.2) is 0 Å². The van der Waals surface area contributed by atoms with E-state index in [0.29, 0.717) is 29.6 Å². The third kappa shape index (κ3) is 5.22. The van der Waals surface area contributed by atoms with Gasteiger partial charge in [0.05, 0.1) is 19.9 Å². The fraction of sp³-hybridized carbons (Fsp3) is 0.350. The summed E-state index contributed by atoms with van der Waals surface area (Å²) in [6.07, 6.45) is 0. The second-order valence-electron chi connectivity index (χ2n) is 6.23. The first-order valence-electron chi connectivity index (χ1n) is 8.45. The molecule has 5 heteroatoms. The number of carbonyl (C=O) groups excluding carboxylic acids is 1. The van der Waals surface area contributed by atoms with Crippen LogP contribution in [-0.2, 0) is 4.79 Å². The Hall–Kier alpha value is -2.53. The first kappa shape index (κ1) is 18.8. The summed E-state index contributed by atoms with van der Waals surface area (Å²) in [6, 6.07) is 15.8. The number of amides is 1. The molecular formula is C20H27N2O3+. The third-order valence-electron chi connectivity index (χ3n) is 4.14. The third-order valence-corrected chi connectivity index (χ3v) is 4.14. The Balaban J connectivity index is 2.02. The molecule has 0 bridgehead atoms. The van der Waals surface area contributed by atoms with Gasteiger partial charge in [0.1, 0.15) is 17.5 Å². The van der Waals surface area contributed by atoms with Gasteiger partial charge in [0.25, 0.3) is 5.91 Å². The Morgan fingerprint density at radius 1 is 1.08 bits per heavy atom. The second kappa shape index (κ2) is 9.08. The highest BCUT2D eigenvalue weighted by Gasteiger charge is 2.20. The van der Waals surface area contributed by atoms with Crippen LogP contribution in [0.5, 0.6) is 11.5 Å². The van der Waals surface area contributed by atoms with E-state index in [1.165, 1.54) is 5.56 Å². The van der Waals surface area contributed by atoms with Crippen molar-refractivity contribution >= 4 is 11.6 Å². The molecule has 0 radical (unpaired) electrons. The van der Waals surface area contributed by atoms with Crippen LogP contribution in [0.4, 0.5) is 5.69 Å². The largest absolute Gasteiger partial charge is 0.497 e. The molecule has 5 nitrogen and oxygen atoms in total. The maximum atomic E-state index is 12.4. The number of nitrogens with two attached hydrogens (primary N) is 1. The molecule has 3 N–H and O–H groups in total. The summed E-state index contributed by atoms with van der Waals surface area (Å²) in [5.74, 6) is 1.62. The lowest BCUT2D eigenvalue weighted by Crippen LogP contribution is -2.88. The lowest BCUT2D eigenvalue weighted by atomic mass is 9.96. The first-order valence-corrected chi connectivity index (χ1v) is 8.45. The predicted octanol–water partition coefficient (Wildman–Crippen LogP) is 2.60. The summed E-state index contributed by atoms with van der Waals surface area (Å²) in [5.41, 5.74) is 1.84. The van der Waals surface area contributed by atoms with Crippen LogP contribution in [0.1, 0.15) is 25.5 Å². The van der Waals surface area contributed by atoms with E-state index in [4.69, 9.17) is 9.47 Å². The van der Waals surface area contributed by atoms with Crippen LogP contribution in [0, 0.1) is 5.92 Å². The Morgan fingerprint density at radius 3 is 2.40 bits per heavy atom. The molecule has 1 atom stereocenters. The number of carbonyl (C=O) groups is 1. The van der Waals surface area contributed by atoms with Gasteiger partial charge in [-0.05, 0) is 12.1 Å². The van der Waals surface area contributed by atoms with Gasteiger partial charge in [0.15, 0.2) is 6.54 Å². The molecule has 0 aliphatic rings. The van der Waals surface area contributed by atoms with Crippen LogP contribution >= 0.6 is 0 Å². The van der Waals surface area contributed by atoms with Crippen LogP contribution < -0.4 is 20.1 Å². The molecule has 2 aromatic rings. The van der Waals surface area contributed by atoms with Crippen molar-refractivity contribution in [2.24, 2.45) is 5.92 Å². The van der Waals surface area contributed by atoms with Gasteiger partial charge >= 0.3 is 0 Å². The van der Waals surface area contributed by atoms with E-state index in [-0.39, 0.29) is 11.9 Å². The number of nitrogens with one attached hydrogen (secondary N) is 1. The van der Waals surface area contributed by atoms with Crippen molar-refractivity contribution in [3.8, 4) is 11.5 Å². The number of hydrogen-bond acceptors (Lipinski definition) is 3. The van der Waals surface area contributed by atoms with E-state index < -0.39 is 0 Å². The molecule has 0 heterocycles. The van der Waals surface area contributed by atoms with E-state index in [1.807, 2.05) is 18.2 Å². The molecule has 0 spiro atoms. The average molecular weight is 343 g/mol. The molecule has 0 saturated carbocycles. The fourth-order valence-corrected chi connectivity index (χ4v) is 2.82. The monoisotopic (exact) mass is 343 g/mol. The van der Waals surface area contributed by atoms with Gasteiger partial charge in [-0.1, -0.05) is 44.2 Å². The molecule has 0 unspecified atom stereocenters. The predicted molar refractivity (Wildman–Crippen MR) is 99.0 cm³/mol. The minimum Gasteiger partial charge on any atom is -0.497 e. The number of quaternary nitrogens is 1. The van der Waals surface area contributed by atoms with Gasteiger partial charge in [-0.3, -0.25) is 4.79 Å². The van der Waals surface area contributed by atoms with Gasteiger partial charge in [-0.15, -0.1) is 0 Å². The first-order chi connectivity index (χ1) is 12.0. The molecule has 0 aliphatic heterocycles. The number of ether oxygens (including phenoxy) is 2. The number of anilines is 1. The fourth-order valence-electron chi connectivity index (χ4n) is 2.82. The average Bonchev–Trinajstić information content (AvgIpc) is 2.62. The molecule has 0 saturated heterocycles. The van der Waals surface area contributed by atoms with Crippen molar-refractivity contribution in [3.63, 3.8) is 0 Å². The second-order valence-corrected chi connectivity index (χ2v) is 6.23. The van der Waals surface area contributed by atoms with Gasteiger partial charge in [-0.2, -0.15) is 0 Å². The normalized spacial score (nSPS) is 11.9. The van der Waals surface area contributed by atoms with Crippen molar-refractivity contribution in [2.75, 3.05) is 26.1 Å². The summed E-state index contributed by atoms with van der Waals surface area (Å²) in [7, 11) is 3.17. The summed E-state index contributed by atoms with van der Waals surface area (Å²) in [6.45, 7) is 4.66. The molecule has 0 aromatic heterocycles. The highest BCUT2D eigenvalue weighted by atomic mass is 16.5. The topological polar surface area (TPSA) is 64.2 Å². The van der Waals surface area contributed by atoms with E-state index in [9.17, 15) is 4.79 Å². The van der Waals surface area contributed by atoms with Crippen molar-refractivity contribution in [3.05, 3.63) is 54.1 Å². The zero-order valence-corrected chi connectivity index (χ0v) is 15.3. The molecule has 1 amide bonds. The number of benzene rings is 2. The molecular weight excluding hydrogens is 316 g/mol. The standard InChI is InChI=1S/C20H26N2O3/c1-14(2)20(15-8-6-5-7-9-15)21-13-19(23)22-17-12-16(24-3)10-11-18(17)25-4/h5-12,14,20-21H,13H2,1-4H3,(H,22,23)/p+1/t20-/m1/s1. The SMILES string of the molecule is COc1ccc(OC)c(NC(=O)C[NH2+][C@@H](c2ccccc2)C(C)C)c1. The van der Waals surface area contributed by atoms with Gasteiger partial charge < -0.3 is 20.1 Å². The maximum Gasteiger partial charge on any atom is 0.279 e. The van der Waals surface area contributed by atoms with Crippen LogP contribution in [0.15, 0.2) is 48.5 Å². The zero-order chi connectivity index (χ0) is 18.2. The van der Waals surface area contributed by atoms with E-state index in [2.05, 4.69) is 36.6 Å². The van der Waals surface area contributed by atoms with Gasteiger partial charge in [0, 0.05) is 17.5 Å². The Kier molecular flexibility index (Phi) is 6.83. The Morgan fingerprint density at radius 2 is 1.80 bits per heavy atom. The highest BCUT2D eigenvalue weighted by Crippen LogP contribution is 2.28. The van der Waals surface area contributed by atoms with Crippen LogP contribution in [0.3, 0.4) is 0 Å². The van der Waals surface area contributed by atoms with E-state index in [0.717, 1.165) is 0 Å². The quantitative estimate of drug-likeness (QED) is 0.774. The summed E-state index contributed by atoms with van der Waals surface area (Å²) in [4.78, 5) is 12.4. The number of methoxy groups -OCH3 is 2. The van der Waals surface area contributed by atoms with Gasteiger partial charge in [0.2, 0.25) is 0 Å². The van der Waals surface area contributed by atoms with Crippen molar-refractivity contribution in [1.82, 2.24) is 0 Å². The van der Waals surface area contributed by atoms with Crippen molar-refractivity contribution in [2.45, 2.75) is 19.9 Å². The van der Waals surface area contributed by atoms with E-state index in [1.54, 1.807) is 32.4 Å². The lowest BCUT2D eigenvalue weighted by Gasteiger charge is -2.19. The minimum absolute atomic E-state index is 0.0758. The highest BCUT2D eigenvalue weighted by molar-refractivity contribution is 5.93. The molecule has 134 valence electrons. The summed E-state index contributed by atoms with van der Waals surface area (Å²) < 4.78 is 10.5. The van der Waals surface area contributed by atoms with Crippen molar-refractivity contribution < 1.29 is 19.6 Å². The summed E-state index contributed by atoms with van der Waals surface area (Å²) >= 11 is 0. The maximum absolute atomic E-state index is 12.4. The van der Waals surface area contributed by atoms with Crippen LogP contribution in [-0.4, -0.2) is 26.7 Å². The lowest BCUT2D eigenvalue weighted by molar-refractivity contribution is -0.692. The Labute approximate surface area is 149 Å². The van der Waals surface area contributed by atoms with Crippen LogP contribution in [0.25, 0.3) is 0 Å². The van der Waals surface area contributed by atoms with Crippen molar-refractivity contribution in [1.29, 1.82) is 0 Å².